The summed E-state index contributed by atoms with van der Waals surface area (Å²) in [5.41, 5.74) is 0.525. The number of allylic oxidation sites excluding steroid dienone is 1. The van der Waals surface area contributed by atoms with Crippen LogP contribution in [0.15, 0.2) is 24.3 Å². The molecule has 0 saturated carbocycles. The molecular weight excluding hydrogens is 218 g/mol. The Morgan fingerprint density at radius 3 is 2.87 bits per heavy atom. The fourth-order valence-electron chi connectivity index (χ4n) is 1.13. The highest BCUT2D eigenvalue weighted by Crippen LogP contribution is 2.24. The molecule has 15 heavy (non-hydrogen) atoms. The van der Waals surface area contributed by atoms with Gasteiger partial charge in [-0.2, -0.15) is 0 Å². The standard InChI is InChI=1S/C10H10ClNO3/c1-15-9-4-5-10(12(13)14)8(7-9)3-2-6-11/h2-5,7H,6H2,1H3. The lowest BCUT2D eigenvalue weighted by Crippen LogP contribution is -1.92. The van der Waals surface area contributed by atoms with Crippen LogP contribution in [0.2, 0.25) is 0 Å². The van der Waals surface area contributed by atoms with E-state index in [1.807, 2.05) is 0 Å². The molecule has 5 heteroatoms. The maximum Gasteiger partial charge on any atom is 0.276 e. The molecule has 1 aromatic carbocycles. The molecule has 0 aliphatic heterocycles. The largest absolute Gasteiger partial charge is 0.497 e. The minimum absolute atomic E-state index is 0.0390. The van der Waals surface area contributed by atoms with Crippen LogP contribution in [0.5, 0.6) is 5.75 Å². The van der Waals surface area contributed by atoms with E-state index in [0.29, 0.717) is 17.2 Å². The van der Waals surface area contributed by atoms with E-state index < -0.39 is 4.92 Å². The molecule has 0 saturated heterocycles. The molecule has 0 bridgehead atoms. The molecule has 80 valence electrons. The van der Waals surface area contributed by atoms with Crippen LogP contribution in [0.1, 0.15) is 5.56 Å². The summed E-state index contributed by atoms with van der Waals surface area (Å²) >= 11 is 5.47. The zero-order valence-corrected chi connectivity index (χ0v) is 8.90. The van der Waals surface area contributed by atoms with Gasteiger partial charge in [0.1, 0.15) is 5.75 Å². The number of alkyl halides is 1. The lowest BCUT2D eigenvalue weighted by molar-refractivity contribution is -0.385. The van der Waals surface area contributed by atoms with Crippen LogP contribution in [0.4, 0.5) is 5.69 Å². The summed E-state index contributed by atoms with van der Waals surface area (Å²) in [7, 11) is 1.51. The Labute approximate surface area is 92.3 Å². The third-order valence-corrected chi connectivity index (χ3v) is 2.00. The summed E-state index contributed by atoms with van der Waals surface area (Å²) in [5.74, 6) is 0.892. The second-order valence-electron chi connectivity index (χ2n) is 2.74. The van der Waals surface area contributed by atoms with Gasteiger partial charge in [0.05, 0.1) is 17.6 Å². The van der Waals surface area contributed by atoms with Crippen molar-refractivity contribution < 1.29 is 9.66 Å². The molecule has 0 fully saturated rings. The van der Waals surface area contributed by atoms with E-state index in [1.165, 1.54) is 13.2 Å². The van der Waals surface area contributed by atoms with Gasteiger partial charge in [0.15, 0.2) is 0 Å². The molecule has 0 spiro atoms. The Morgan fingerprint density at radius 2 is 2.33 bits per heavy atom. The summed E-state index contributed by atoms with van der Waals surface area (Å²) in [6.07, 6.45) is 3.25. The van der Waals surface area contributed by atoms with Crippen LogP contribution >= 0.6 is 11.6 Å². The van der Waals surface area contributed by atoms with E-state index in [1.54, 1.807) is 24.3 Å². The van der Waals surface area contributed by atoms with Gasteiger partial charge in [0.2, 0.25) is 0 Å². The van der Waals surface area contributed by atoms with Gasteiger partial charge in [-0.05, 0) is 12.1 Å². The summed E-state index contributed by atoms with van der Waals surface area (Å²) in [6.45, 7) is 0. The van der Waals surface area contributed by atoms with Crippen LogP contribution in [-0.2, 0) is 0 Å². The van der Waals surface area contributed by atoms with E-state index in [0.717, 1.165) is 0 Å². The molecule has 0 N–H and O–H groups in total. The molecule has 1 aromatic rings. The van der Waals surface area contributed by atoms with Crippen LogP contribution < -0.4 is 4.74 Å². The SMILES string of the molecule is COc1ccc([N+](=O)[O-])c(C=CCCl)c1. The number of ether oxygens (including phenoxy) is 1. The zero-order chi connectivity index (χ0) is 11.3. The van der Waals surface area contributed by atoms with E-state index in [-0.39, 0.29) is 5.69 Å². The predicted octanol–water partition coefficient (Wildman–Crippen LogP) is 2.86. The maximum absolute atomic E-state index is 10.7. The van der Waals surface area contributed by atoms with Crippen LogP contribution in [0, 0.1) is 10.1 Å². The molecule has 1 rings (SSSR count). The molecule has 0 atom stereocenters. The maximum atomic E-state index is 10.7. The number of benzene rings is 1. The van der Waals surface area contributed by atoms with Crippen molar-refractivity contribution in [2.75, 3.05) is 13.0 Å². The van der Waals surface area contributed by atoms with Crippen molar-refractivity contribution in [3.63, 3.8) is 0 Å². The van der Waals surface area contributed by atoms with Crippen LogP contribution in [-0.4, -0.2) is 17.9 Å². The number of hydrogen-bond acceptors (Lipinski definition) is 3. The summed E-state index contributed by atoms with van der Waals surface area (Å²) in [5, 5.41) is 10.7. The summed E-state index contributed by atoms with van der Waals surface area (Å²) < 4.78 is 4.98. The summed E-state index contributed by atoms with van der Waals surface area (Å²) in [6, 6.07) is 4.56. The first kappa shape index (κ1) is 11.5. The Kier molecular flexibility index (Phi) is 4.12. The molecule has 0 amide bonds. The van der Waals surface area contributed by atoms with Crippen molar-refractivity contribution >= 4 is 23.4 Å². The molecule has 0 aromatic heterocycles. The first-order chi connectivity index (χ1) is 7.19. The molecule has 4 nitrogen and oxygen atoms in total. The van der Waals surface area contributed by atoms with Crippen molar-refractivity contribution in [1.82, 2.24) is 0 Å². The van der Waals surface area contributed by atoms with Gasteiger partial charge in [0, 0.05) is 11.9 Å². The minimum Gasteiger partial charge on any atom is -0.497 e. The molecule has 0 unspecified atom stereocenters. The second kappa shape index (κ2) is 5.36. The molecule has 0 radical (unpaired) electrons. The molecule has 0 heterocycles. The van der Waals surface area contributed by atoms with Crippen molar-refractivity contribution in [3.8, 4) is 5.75 Å². The highest BCUT2D eigenvalue weighted by atomic mass is 35.5. The van der Waals surface area contributed by atoms with Crippen molar-refractivity contribution in [1.29, 1.82) is 0 Å². The van der Waals surface area contributed by atoms with E-state index in [2.05, 4.69) is 0 Å². The van der Waals surface area contributed by atoms with Crippen molar-refractivity contribution in [2.24, 2.45) is 0 Å². The highest BCUT2D eigenvalue weighted by molar-refractivity contribution is 6.19. The Morgan fingerprint density at radius 1 is 1.60 bits per heavy atom. The third-order valence-electron chi connectivity index (χ3n) is 1.82. The van der Waals surface area contributed by atoms with E-state index in [4.69, 9.17) is 16.3 Å². The van der Waals surface area contributed by atoms with Gasteiger partial charge < -0.3 is 4.74 Å². The number of rotatable bonds is 4. The predicted molar refractivity (Wildman–Crippen MR) is 59.4 cm³/mol. The Hall–Kier alpha value is -1.55. The highest BCUT2D eigenvalue weighted by Gasteiger charge is 2.11. The lowest BCUT2D eigenvalue weighted by atomic mass is 10.1. The monoisotopic (exact) mass is 227 g/mol. The first-order valence-corrected chi connectivity index (χ1v) is 4.77. The fourth-order valence-corrected chi connectivity index (χ4v) is 1.22. The van der Waals surface area contributed by atoms with E-state index in [9.17, 15) is 10.1 Å². The van der Waals surface area contributed by atoms with Gasteiger partial charge in [0.25, 0.3) is 5.69 Å². The smallest absolute Gasteiger partial charge is 0.276 e. The van der Waals surface area contributed by atoms with Gasteiger partial charge in [-0.25, -0.2) is 0 Å². The minimum atomic E-state index is -0.437. The van der Waals surface area contributed by atoms with Crippen LogP contribution in [0.25, 0.3) is 6.08 Å². The second-order valence-corrected chi connectivity index (χ2v) is 3.05. The average molecular weight is 228 g/mol. The number of nitrogens with zero attached hydrogens (tertiary/aromatic N) is 1. The Bertz CT molecular complexity index is 390. The number of hydrogen-bond donors (Lipinski definition) is 0. The quantitative estimate of drug-likeness (QED) is 0.452. The van der Waals surface area contributed by atoms with Crippen molar-refractivity contribution in [2.45, 2.75) is 0 Å². The van der Waals surface area contributed by atoms with Crippen molar-refractivity contribution in [3.05, 3.63) is 40.0 Å². The van der Waals surface area contributed by atoms with Gasteiger partial charge >= 0.3 is 0 Å². The molecular formula is C10H10ClNO3. The molecule has 0 aliphatic rings. The fraction of sp³-hybridized carbons (Fsp3) is 0.200. The summed E-state index contributed by atoms with van der Waals surface area (Å²) in [4.78, 5) is 10.2. The van der Waals surface area contributed by atoms with E-state index >= 15 is 0 Å². The normalized spacial score (nSPS) is 10.5. The van der Waals surface area contributed by atoms with Crippen LogP contribution in [0.3, 0.4) is 0 Å². The number of halogens is 1. The number of methoxy groups -OCH3 is 1. The average Bonchev–Trinajstić information content (AvgIpc) is 2.25. The topological polar surface area (TPSA) is 52.4 Å². The first-order valence-electron chi connectivity index (χ1n) is 4.24. The van der Waals surface area contributed by atoms with Gasteiger partial charge in [-0.1, -0.05) is 12.2 Å². The molecule has 0 aliphatic carbocycles. The number of nitro groups is 1. The van der Waals surface area contributed by atoms with Gasteiger partial charge in [-0.3, -0.25) is 10.1 Å². The lowest BCUT2D eigenvalue weighted by Gasteiger charge is -2.01. The Balaban J connectivity index is 3.16. The number of nitro benzene ring substituents is 1. The third kappa shape index (κ3) is 2.95. The van der Waals surface area contributed by atoms with Gasteiger partial charge in [-0.15, -0.1) is 11.6 Å². The zero-order valence-electron chi connectivity index (χ0n) is 8.14.